The van der Waals surface area contributed by atoms with Crippen molar-refractivity contribution in [1.82, 2.24) is 0 Å². The van der Waals surface area contributed by atoms with Gasteiger partial charge in [0.25, 0.3) is 0 Å². The minimum Gasteiger partial charge on any atom is -0.388 e. The summed E-state index contributed by atoms with van der Waals surface area (Å²) in [5, 5.41) is 10.0. The fourth-order valence-corrected chi connectivity index (χ4v) is 2.53. The second-order valence-corrected chi connectivity index (χ2v) is 5.13. The highest BCUT2D eigenvalue weighted by Crippen LogP contribution is 2.27. The summed E-state index contributed by atoms with van der Waals surface area (Å²) < 4.78 is 19.2. The smallest absolute Gasteiger partial charge is 0.147 e. The molecule has 0 aromatic heterocycles. The van der Waals surface area contributed by atoms with Gasteiger partial charge in [0.05, 0.1) is 17.2 Å². The van der Waals surface area contributed by atoms with E-state index in [0.29, 0.717) is 12.5 Å². The Bertz CT molecular complexity index is 391. The summed E-state index contributed by atoms with van der Waals surface area (Å²) in [6.07, 6.45) is 4.05. The van der Waals surface area contributed by atoms with Crippen LogP contribution in [0.2, 0.25) is 5.02 Å². The average Bonchev–Trinajstić information content (AvgIpc) is 2.85. The van der Waals surface area contributed by atoms with Crippen molar-refractivity contribution in [2.75, 3.05) is 6.61 Å². The summed E-state index contributed by atoms with van der Waals surface area (Å²) in [6.45, 7) is 0.843. The van der Waals surface area contributed by atoms with Crippen molar-refractivity contribution in [3.8, 4) is 0 Å². The first-order valence-corrected chi connectivity index (χ1v) is 6.80. The van der Waals surface area contributed by atoms with Crippen molar-refractivity contribution in [3.05, 3.63) is 34.6 Å². The third-order valence-corrected chi connectivity index (χ3v) is 3.66. The maximum atomic E-state index is 13.7. The Balaban J connectivity index is 1.83. The van der Waals surface area contributed by atoms with Gasteiger partial charge in [-0.15, -0.1) is 0 Å². The van der Waals surface area contributed by atoms with E-state index >= 15 is 0 Å². The minimum absolute atomic E-state index is 0.0608. The Morgan fingerprint density at radius 3 is 3.06 bits per heavy atom. The number of aliphatic hydroxyl groups excluding tert-OH is 1. The number of hydrogen-bond donors (Lipinski definition) is 1. The molecule has 1 N–H and O–H groups in total. The molecule has 1 aromatic carbocycles. The van der Waals surface area contributed by atoms with Crippen LogP contribution in [0.25, 0.3) is 0 Å². The molecule has 2 atom stereocenters. The van der Waals surface area contributed by atoms with Gasteiger partial charge in [-0.2, -0.15) is 0 Å². The van der Waals surface area contributed by atoms with Crippen LogP contribution < -0.4 is 0 Å². The molecule has 0 spiro atoms. The second-order valence-electron chi connectivity index (χ2n) is 4.72. The Hall–Kier alpha value is -0.640. The molecule has 1 aromatic rings. The van der Waals surface area contributed by atoms with Gasteiger partial charge in [0.2, 0.25) is 0 Å². The Morgan fingerprint density at radius 2 is 2.33 bits per heavy atom. The number of hydrogen-bond acceptors (Lipinski definition) is 2. The van der Waals surface area contributed by atoms with E-state index in [1.165, 1.54) is 6.07 Å². The van der Waals surface area contributed by atoms with Crippen LogP contribution in [0.3, 0.4) is 0 Å². The molecular formula is C14H18ClFO2. The highest BCUT2D eigenvalue weighted by Gasteiger charge is 2.18. The third-order valence-electron chi connectivity index (χ3n) is 3.37. The van der Waals surface area contributed by atoms with Crippen LogP contribution in [0.1, 0.15) is 43.8 Å². The first kappa shape index (κ1) is 13.8. The summed E-state index contributed by atoms with van der Waals surface area (Å²) in [6, 6.07) is 4.72. The maximum Gasteiger partial charge on any atom is 0.147 e. The highest BCUT2D eigenvalue weighted by molar-refractivity contribution is 6.30. The summed E-state index contributed by atoms with van der Waals surface area (Å²) >= 11 is 5.69. The molecule has 0 aliphatic carbocycles. The molecule has 1 saturated heterocycles. The maximum absolute atomic E-state index is 13.7. The fourth-order valence-electron chi connectivity index (χ4n) is 2.34. The zero-order valence-corrected chi connectivity index (χ0v) is 11.0. The Kier molecular flexibility index (Phi) is 4.98. The van der Waals surface area contributed by atoms with Crippen LogP contribution in [0, 0.1) is 5.82 Å². The van der Waals surface area contributed by atoms with Gasteiger partial charge in [0, 0.05) is 12.2 Å². The molecule has 0 radical (unpaired) electrons. The third kappa shape index (κ3) is 3.44. The molecule has 100 valence electrons. The molecule has 1 aliphatic rings. The second kappa shape index (κ2) is 6.50. The lowest BCUT2D eigenvalue weighted by Crippen LogP contribution is -2.07. The molecule has 2 unspecified atom stereocenters. The van der Waals surface area contributed by atoms with Crippen LogP contribution in [0.15, 0.2) is 18.2 Å². The van der Waals surface area contributed by atoms with Crippen LogP contribution in [-0.2, 0) is 4.74 Å². The molecule has 0 bridgehead atoms. The van der Waals surface area contributed by atoms with Crippen molar-refractivity contribution in [2.45, 2.75) is 44.3 Å². The standard InChI is InChI=1S/C14H18ClFO2/c15-12-7-2-6-11(14(12)16)13(17)8-1-4-10-5-3-9-18-10/h2,6-7,10,13,17H,1,3-5,8-9H2. The lowest BCUT2D eigenvalue weighted by molar-refractivity contribution is 0.0940. The van der Waals surface area contributed by atoms with Gasteiger partial charge in [-0.05, 0) is 38.2 Å². The van der Waals surface area contributed by atoms with Gasteiger partial charge >= 0.3 is 0 Å². The van der Waals surface area contributed by atoms with Crippen LogP contribution in [-0.4, -0.2) is 17.8 Å². The first-order chi connectivity index (χ1) is 8.68. The number of ether oxygens (including phenoxy) is 1. The van der Waals surface area contributed by atoms with Gasteiger partial charge in [-0.3, -0.25) is 0 Å². The molecule has 2 rings (SSSR count). The van der Waals surface area contributed by atoms with E-state index in [1.54, 1.807) is 12.1 Å². The van der Waals surface area contributed by atoms with Gasteiger partial charge in [0.1, 0.15) is 5.82 Å². The first-order valence-electron chi connectivity index (χ1n) is 6.42. The van der Waals surface area contributed by atoms with Crippen molar-refractivity contribution in [2.24, 2.45) is 0 Å². The van der Waals surface area contributed by atoms with Crippen LogP contribution in [0.5, 0.6) is 0 Å². The molecule has 2 nitrogen and oxygen atoms in total. The number of benzene rings is 1. The van der Waals surface area contributed by atoms with E-state index in [0.717, 1.165) is 32.3 Å². The van der Waals surface area contributed by atoms with Crippen LogP contribution >= 0.6 is 11.6 Å². The highest BCUT2D eigenvalue weighted by atomic mass is 35.5. The zero-order valence-electron chi connectivity index (χ0n) is 10.2. The van der Waals surface area contributed by atoms with E-state index in [9.17, 15) is 9.50 Å². The molecule has 0 saturated carbocycles. The lowest BCUT2D eigenvalue weighted by atomic mass is 10.0. The van der Waals surface area contributed by atoms with Gasteiger partial charge in [-0.25, -0.2) is 4.39 Å². The quantitative estimate of drug-likeness (QED) is 0.882. The SMILES string of the molecule is OC(CCCC1CCCO1)c1cccc(Cl)c1F. The number of rotatable bonds is 5. The van der Waals surface area contributed by atoms with Gasteiger partial charge in [-0.1, -0.05) is 23.7 Å². The van der Waals surface area contributed by atoms with E-state index in [1.807, 2.05) is 0 Å². The van der Waals surface area contributed by atoms with E-state index in [4.69, 9.17) is 16.3 Å². The molecular weight excluding hydrogens is 255 g/mol. The topological polar surface area (TPSA) is 29.5 Å². The normalized spacial score (nSPS) is 21.2. The van der Waals surface area contributed by atoms with E-state index in [-0.39, 0.29) is 10.6 Å². The van der Waals surface area contributed by atoms with Gasteiger partial charge < -0.3 is 9.84 Å². The summed E-state index contributed by atoms with van der Waals surface area (Å²) in [5.41, 5.74) is 0.287. The molecule has 1 aliphatic heterocycles. The summed E-state index contributed by atoms with van der Waals surface area (Å²) in [4.78, 5) is 0. The predicted octanol–water partition coefficient (Wildman–Crippen LogP) is 3.86. The molecule has 0 amide bonds. The molecule has 18 heavy (non-hydrogen) atoms. The van der Waals surface area contributed by atoms with Crippen molar-refractivity contribution < 1.29 is 14.2 Å². The van der Waals surface area contributed by atoms with Crippen molar-refractivity contribution in [1.29, 1.82) is 0 Å². The molecule has 1 fully saturated rings. The Labute approximate surface area is 112 Å². The fraction of sp³-hybridized carbons (Fsp3) is 0.571. The Morgan fingerprint density at radius 1 is 1.50 bits per heavy atom. The monoisotopic (exact) mass is 272 g/mol. The van der Waals surface area contributed by atoms with Crippen molar-refractivity contribution in [3.63, 3.8) is 0 Å². The van der Waals surface area contributed by atoms with Crippen molar-refractivity contribution >= 4 is 11.6 Å². The summed E-state index contributed by atoms with van der Waals surface area (Å²) in [5.74, 6) is -0.510. The lowest BCUT2D eigenvalue weighted by Gasteiger charge is -2.14. The minimum atomic E-state index is -0.787. The molecule has 4 heteroatoms. The average molecular weight is 273 g/mol. The van der Waals surface area contributed by atoms with E-state index < -0.39 is 11.9 Å². The molecule has 1 heterocycles. The zero-order chi connectivity index (χ0) is 13.0. The van der Waals surface area contributed by atoms with Crippen LogP contribution in [0.4, 0.5) is 4.39 Å². The summed E-state index contributed by atoms with van der Waals surface area (Å²) in [7, 11) is 0. The van der Waals surface area contributed by atoms with E-state index in [2.05, 4.69) is 0 Å². The predicted molar refractivity (Wildman–Crippen MR) is 69.2 cm³/mol. The number of halogens is 2. The number of aliphatic hydroxyl groups is 1. The largest absolute Gasteiger partial charge is 0.388 e. The van der Waals surface area contributed by atoms with Gasteiger partial charge in [0.15, 0.2) is 0 Å².